The first-order valence-electron chi connectivity index (χ1n) is 8.23. The van der Waals surface area contributed by atoms with Gasteiger partial charge >= 0.3 is 0 Å². The first kappa shape index (κ1) is 15.5. The third kappa shape index (κ3) is 3.40. The number of fused-ring (bicyclic) bond motifs is 1. The second-order valence-electron chi connectivity index (χ2n) is 5.81. The zero-order chi connectivity index (χ0) is 16.2. The Morgan fingerprint density at radius 1 is 1.12 bits per heavy atom. The van der Waals surface area contributed by atoms with Crippen molar-refractivity contribution in [3.8, 4) is 11.4 Å². The number of hydrogen-bond donors (Lipinski definition) is 1. The standard InChI is InChI=1S/C18H20N4OS/c1-2-4-16-15(3-1)18(19-6-7-22-8-10-23-11-9-22)21-17(20-16)14-5-12-24-13-14/h1-5,12-13H,6-11H2,(H,19,20,21). The average molecular weight is 340 g/mol. The molecule has 4 rings (SSSR count). The Morgan fingerprint density at radius 2 is 2.00 bits per heavy atom. The van der Waals surface area contributed by atoms with Crippen LogP contribution in [0.3, 0.4) is 0 Å². The van der Waals surface area contributed by atoms with Crippen molar-refractivity contribution in [2.45, 2.75) is 0 Å². The van der Waals surface area contributed by atoms with Crippen molar-refractivity contribution in [3.05, 3.63) is 41.1 Å². The summed E-state index contributed by atoms with van der Waals surface area (Å²) in [7, 11) is 0. The van der Waals surface area contributed by atoms with Gasteiger partial charge in [-0.2, -0.15) is 11.3 Å². The molecule has 0 atom stereocenters. The molecule has 0 aliphatic carbocycles. The van der Waals surface area contributed by atoms with Crippen LogP contribution in [0.4, 0.5) is 5.82 Å². The zero-order valence-electron chi connectivity index (χ0n) is 13.4. The topological polar surface area (TPSA) is 50.3 Å². The fourth-order valence-corrected chi connectivity index (χ4v) is 3.52. The fourth-order valence-electron chi connectivity index (χ4n) is 2.89. The molecule has 0 amide bonds. The van der Waals surface area contributed by atoms with Crippen LogP contribution in [-0.4, -0.2) is 54.3 Å². The molecule has 0 bridgehead atoms. The summed E-state index contributed by atoms with van der Waals surface area (Å²) in [5.74, 6) is 1.69. The second-order valence-corrected chi connectivity index (χ2v) is 6.59. The van der Waals surface area contributed by atoms with Crippen molar-refractivity contribution in [2.75, 3.05) is 44.7 Å². The second kappa shape index (κ2) is 7.25. The van der Waals surface area contributed by atoms with E-state index in [-0.39, 0.29) is 0 Å². The van der Waals surface area contributed by atoms with Crippen LogP contribution in [0.5, 0.6) is 0 Å². The highest BCUT2D eigenvalue weighted by molar-refractivity contribution is 7.08. The van der Waals surface area contributed by atoms with Gasteiger partial charge in [0.15, 0.2) is 5.82 Å². The van der Waals surface area contributed by atoms with Crippen LogP contribution >= 0.6 is 11.3 Å². The lowest BCUT2D eigenvalue weighted by atomic mass is 10.2. The smallest absolute Gasteiger partial charge is 0.162 e. The number of thiophene rings is 1. The van der Waals surface area contributed by atoms with Crippen LogP contribution in [-0.2, 0) is 4.74 Å². The summed E-state index contributed by atoms with van der Waals surface area (Å²) in [5.41, 5.74) is 2.05. The summed E-state index contributed by atoms with van der Waals surface area (Å²) in [5, 5.41) is 8.72. The minimum atomic E-state index is 0.781. The lowest BCUT2D eigenvalue weighted by Gasteiger charge is -2.26. The maximum Gasteiger partial charge on any atom is 0.162 e. The largest absolute Gasteiger partial charge is 0.379 e. The van der Waals surface area contributed by atoms with Crippen molar-refractivity contribution >= 4 is 28.1 Å². The number of ether oxygens (including phenoxy) is 1. The zero-order valence-corrected chi connectivity index (χ0v) is 14.3. The van der Waals surface area contributed by atoms with Gasteiger partial charge in [0.2, 0.25) is 0 Å². The van der Waals surface area contributed by atoms with Gasteiger partial charge in [0.25, 0.3) is 0 Å². The molecule has 5 nitrogen and oxygen atoms in total. The molecular formula is C18H20N4OS. The molecular weight excluding hydrogens is 320 g/mol. The first-order chi connectivity index (χ1) is 11.9. The predicted molar refractivity (Wildman–Crippen MR) is 98.6 cm³/mol. The number of para-hydroxylation sites is 1. The van der Waals surface area contributed by atoms with Gasteiger partial charge in [-0.15, -0.1) is 0 Å². The Hall–Kier alpha value is -2.02. The van der Waals surface area contributed by atoms with Gasteiger partial charge in [0, 0.05) is 42.5 Å². The number of hydrogen-bond acceptors (Lipinski definition) is 6. The van der Waals surface area contributed by atoms with E-state index >= 15 is 0 Å². The monoisotopic (exact) mass is 340 g/mol. The van der Waals surface area contributed by atoms with Gasteiger partial charge in [0.1, 0.15) is 5.82 Å². The lowest BCUT2D eigenvalue weighted by molar-refractivity contribution is 0.0398. The van der Waals surface area contributed by atoms with E-state index in [2.05, 4.69) is 33.1 Å². The van der Waals surface area contributed by atoms with Gasteiger partial charge in [-0.1, -0.05) is 12.1 Å². The third-order valence-corrected chi connectivity index (χ3v) is 4.89. The maximum absolute atomic E-state index is 5.40. The van der Waals surface area contributed by atoms with Crippen molar-refractivity contribution < 1.29 is 4.74 Å². The fraction of sp³-hybridized carbons (Fsp3) is 0.333. The van der Waals surface area contributed by atoms with Gasteiger partial charge in [-0.05, 0) is 23.6 Å². The number of rotatable bonds is 5. The Balaban J connectivity index is 1.56. The minimum Gasteiger partial charge on any atom is -0.379 e. The van der Waals surface area contributed by atoms with E-state index in [1.165, 1.54) is 0 Å². The summed E-state index contributed by atoms with van der Waals surface area (Å²) in [6.45, 7) is 5.54. The molecule has 6 heteroatoms. The molecule has 1 saturated heterocycles. The Labute approximate surface area is 145 Å². The SMILES string of the molecule is c1ccc2c(NCCN3CCOCC3)nc(-c3ccsc3)nc2c1. The molecule has 0 unspecified atom stereocenters. The average Bonchev–Trinajstić information content (AvgIpc) is 3.17. The molecule has 1 fully saturated rings. The normalized spacial score (nSPS) is 15.7. The van der Waals surface area contributed by atoms with E-state index in [9.17, 15) is 0 Å². The maximum atomic E-state index is 5.40. The summed E-state index contributed by atoms with van der Waals surface area (Å²) < 4.78 is 5.40. The highest BCUT2D eigenvalue weighted by Gasteiger charge is 2.12. The molecule has 2 aromatic heterocycles. The molecule has 1 aliphatic heterocycles. The number of benzene rings is 1. The summed E-state index contributed by atoms with van der Waals surface area (Å²) in [6.07, 6.45) is 0. The van der Waals surface area contributed by atoms with E-state index in [0.717, 1.165) is 67.5 Å². The van der Waals surface area contributed by atoms with Crippen LogP contribution in [0.2, 0.25) is 0 Å². The summed E-state index contributed by atoms with van der Waals surface area (Å²) in [6, 6.07) is 10.2. The number of morpholine rings is 1. The number of anilines is 1. The molecule has 1 aliphatic rings. The highest BCUT2D eigenvalue weighted by atomic mass is 32.1. The molecule has 0 saturated carbocycles. The molecule has 124 valence electrons. The molecule has 3 heterocycles. The van der Waals surface area contributed by atoms with Crippen LogP contribution < -0.4 is 5.32 Å². The van der Waals surface area contributed by atoms with Crippen molar-refractivity contribution in [1.82, 2.24) is 14.9 Å². The quantitative estimate of drug-likeness (QED) is 0.773. The predicted octanol–water partition coefficient (Wildman–Crippen LogP) is 3.10. The number of nitrogens with one attached hydrogen (secondary N) is 1. The molecule has 0 radical (unpaired) electrons. The summed E-state index contributed by atoms with van der Waals surface area (Å²) in [4.78, 5) is 11.9. The van der Waals surface area contributed by atoms with Crippen molar-refractivity contribution in [2.24, 2.45) is 0 Å². The first-order valence-corrected chi connectivity index (χ1v) is 9.18. The molecule has 1 N–H and O–H groups in total. The highest BCUT2D eigenvalue weighted by Crippen LogP contribution is 2.25. The van der Waals surface area contributed by atoms with Crippen LogP contribution in [0, 0.1) is 0 Å². The van der Waals surface area contributed by atoms with Crippen molar-refractivity contribution in [3.63, 3.8) is 0 Å². The van der Waals surface area contributed by atoms with Gasteiger partial charge in [-0.25, -0.2) is 9.97 Å². The number of aromatic nitrogens is 2. The Morgan fingerprint density at radius 3 is 2.83 bits per heavy atom. The van der Waals surface area contributed by atoms with E-state index in [4.69, 9.17) is 14.7 Å². The van der Waals surface area contributed by atoms with Gasteiger partial charge in [0.05, 0.1) is 18.7 Å². The van der Waals surface area contributed by atoms with E-state index in [1.54, 1.807) is 11.3 Å². The Kier molecular flexibility index (Phi) is 4.69. The van der Waals surface area contributed by atoms with Gasteiger partial charge < -0.3 is 10.1 Å². The number of nitrogens with zero attached hydrogens (tertiary/aromatic N) is 3. The van der Waals surface area contributed by atoms with E-state index in [0.29, 0.717) is 0 Å². The van der Waals surface area contributed by atoms with E-state index < -0.39 is 0 Å². The molecule has 1 aromatic carbocycles. The Bertz CT molecular complexity index is 800. The summed E-state index contributed by atoms with van der Waals surface area (Å²) >= 11 is 1.66. The van der Waals surface area contributed by atoms with Gasteiger partial charge in [-0.3, -0.25) is 4.90 Å². The third-order valence-electron chi connectivity index (χ3n) is 4.21. The van der Waals surface area contributed by atoms with Crippen molar-refractivity contribution in [1.29, 1.82) is 0 Å². The molecule has 0 spiro atoms. The minimum absolute atomic E-state index is 0.781. The molecule has 24 heavy (non-hydrogen) atoms. The molecule has 3 aromatic rings. The van der Waals surface area contributed by atoms with Crippen LogP contribution in [0.15, 0.2) is 41.1 Å². The van der Waals surface area contributed by atoms with Crippen LogP contribution in [0.1, 0.15) is 0 Å². The van der Waals surface area contributed by atoms with E-state index in [1.807, 2.05) is 18.2 Å². The van der Waals surface area contributed by atoms with Crippen LogP contribution in [0.25, 0.3) is 22.3 Å². The lowest BCUT2D eigenvalue weighted by Crippen LogP contribution is -2.39.